The summed E-state index contributed by atoms with van der Waals surface area (Å²) in [7, 11) is 0. The number of carbonyl (C=O) groups is 1. The smallest absolute Gasteiger partial charge is 0.168 e. The molecule has 1 nitrogen and oxygen atoms in total. The Morgan fingerprint density at radius 3 is 2.30 bits per heavy atom. The normalized spacial score (nSPS) is 10.7. The van der Waals surface area contributed by atoms with E-state index in [1.165, 1.54) is 16.7 Å². The fraction of sp³-hybridized carbons (Fsp3) is 0.235. The van der Waals surface area contributed by atoms with Crippen LogP contribution in [0.3, 0.4) is 0 Å². The Kier molecular flexibility index (Phi) is 5.02. The molecule has 0 N–H and O–H groups in total. The third-order valence-electron chi connectivity index (χ3n) is 3.41. The zero-order valence-electron chi connectivity index (χ0n) is 11.8. The van der Waals surface area contributed by atoms with Gasteiger partial charge in [-0.1, -0.05) is 33.6 Å². The number of Topliss-reactive ketones (excluding diaryl/α,β-unsaturated/α-hetero) is 1. The van der Waals surface area contributed by atoms with Gasteiger partial charge >= 0.3 is 0 Å². The van der Waals surface area contributed by atoms with Gasteiger partial charge in [0.05, 0.1) is 0 Å². The third kappa shape index (κ3) is 3.50. The number of rotatable bonds is 3. The first kappa shape index (κ1) is 15.7. The first-order valence-electron chi connectivity index (χ1n) is 6.43. The Balaban J connectivity index is 2.35. The summed E-state index contributed by atoms with van der Waals surface area (Å²) < 4.78 is 1.94. The fourth-order valence-electron chi connectivity index (χ4n) is 2.46. The molecule has 2 aromatic rings. The highest BCUT2D eigenvalue weighted by molar-refractivity contribution is 14.1. The van der Waals surface area contributed by atoms with Crippen molar-refractivity contribution >= 4 is 44.3 Å². The second-order valence-electron chi connectivity index (χ2n) is 5.10. The van der Waals surface area contributed by atoms with Gasteiger partial charge in [-0.05, 0) is 78.3 Å². The number of ketones is 1. The van der Waals surface area contributed by atoms with Gasteiger partial charge in [0, 0.05) is 20.0 Å². The lowest BCUT2D eigenvalue weighted by Crippen LogP contribution is -2.08. The van der Waals surface area contributed by atoms with E-state index in [0.29, 0.717) is 6.42 Å². The van der Waals surface area contributed by atoms with Gasteiger partial charge in [0.1, 0.15) is 0 Å². The van der Waals surface area contributed by atoms with Crippen LogP contribution in [0.15, 0.2) is 34.8 Å². The maximum absolute atomic E-state index is 12.6. The van der Waals surface area contributed by atoms with Crippen LogP contribution >= 0.6 is 38.5 Å². The largest absolute Gasteiger partial charge is 0.294 e. The number of aryl methyl sites for hydroxylation is 3. The molecule has 0 atom stereocenters. The summed E-state index contributed by atoms with van der Waals surface area (Å²) in [5, 5.41) is 0. The molecule has 3 heteroatoms. The maximum atomic E-state index is 12.6. The van der Waals surface area contributed by atoms with Crippen LogP contribution in [0.5, 0.6) is 0 Å². The molecule has 0 fully saturated rings. The Hall–Kier alpha value is -0.680. The molecule has 0 aromatic heterocycles. The summed E-state index contributed by atoms with van der Waals surface area (Å²) >= 11 is 5.65. The third-order valence-corrected chi connectivity index (χ3v) is 4.84. The van der Waals surface area contributed by atoms with Crippen molar-refractivity contribution in [3.63, 3.8) is 0 Å². The van der Waals surface area contributed by atoms with E-state index >= 15 is 0 Å². The highest BCUT2D eigenvalue weighted by atomic mass is 127. The molecule has 0 spiro atoms. The first-order chi connectivity index (χ1) is 9.38. The molecule has 0 bridgehead atoms. The molecule has 0 amide bonds. The lowest BCUT2D eigenvalue weighted by atomic mass is 9.94. The Morgan fingerprint density at radius 2 is 1.70 bits per heavy atom. The van der Waals surface area contributed by atoms with E-state index in [9.17, 15) is 4.79 Å². The molecule has 0 aliphatic heterocycles. The van der Waals surface area contributed by atoms with Gasteiger partial charge in [0.25, 0.3) is 0 Å². The van der Waals surface area contributed by atoms with Crippen molar-refractivity contribution in [2.45, 2.75) is 27.2 Å². The monoisotopic (exact) mass is 442 g/mol. The van der Waals surface area contributed by atoms with Crippen LogP contribution in [0.25, 0.3) is 0 Å². The van der Waals surface area contributed by atoms with E-state index in [1.807, 2.05) is 18.2 Å². The zero-order valence-corrected chi connectivity index (χ0v) is 15.5. The number of hydrogen-bond donors (Lipinski definition) is 0. The quantitative estimate of drug-likeness (QED) is 0.459. The average molecular weight is 443 g/mol. The Bertz CT molecular complexity index is 654. The topological polar surface area (TPSA) is 17.1 Å². The summed E-state index contributed by atoms with van der Waals surface area (Å²) in [6, 6.07) is 10.1. The minimum atomic E-state index is 0.172. The SMILES string of the molecule is Cc1cc(C)c(CC(=O)c2cc(Br)ccc2I)c(C)c1. The fourth-order valence-corrected chi connectivity index (χ4v) is 3.45. The predicted molar refractivity (Wildman–Crippen MR) is 95.5 cm³/mol. The van der Waals surface area contributed by atoms with Crippen molar-refractivity contribution in [3.05, 3.63) is 66.2 Å². The van der Waals surface area contributed by atoms with Crippen LogP contribution < -0.4 is 0 Å². The lowest BCUT2D eigenvalue weighted by molar-refractivity contribution is 0.0991. The number of carbonyl (C=O) groups excluding carboxylic acids is 1. The second-order valence-corrected chi connectivity index (χ2v) is 7.18. The predicted octanol–water partition coefficient (Wildman–Crippen LogP) is 5.40. The van der Waals surface area contributed by atoms with E-state index < -0.39 is 0 Å². The molecule has 0 saturated heterocycles. The Morgan fingerprint density at radius 1 is 1.10 bits per heavy atom. The number of halogens is 2. The van der Waals surface area contributed by atoms with Crippen molar-refractivity contribution in [2.75, 3.05) is 0 Å². The molecular weight excluding hydrogens is 427 g/mol. The lowest BCUT2D eigenvalue weighted by Gasteiger charge is -2.11. The average Bonchev–Trinajstić information content (AvgIpc) is 2.36. The summed E-state index contributed by atoms with van der Waals surface area (Å²) in [4.78, 5) is 12.6. The zero-order chi connectivity index (χ0) is 14.9. The van der Waals surface area contributed by atoms with E-state index in [-0.39, 0.29) is 5.78 Å². The van der Waals surface area contributed by atoms with Crippen molar-refractivity contribution in [1.29, 1.82) is 0 Å². The summed E-state index contributed by atoms with van der Waals surface area (Å²) in [5.41, 5.74) is 5.57. The van der Waals surface area contributed by atoms with E-state index in [0.717, 1.165) is 19.2 Å². The highest BCUT2D eigenvalue weighted by Crippen LogP contribution is 2.23. The first-order valence-corrected chi connectivity index (χ1v) is 8.30. The molecule has 2 rings (SSSR count). The van der Waals surface area contributed by atoms with Gasteiger partial charge < -0.3 is 0 Å². The van der Waals surface area contributed by atoms with Crippen LogP contribution in [-0.2, 0) is 6.42 Å². The number of hydrogen-bond acceptors (Lipinski definition) is 1. The van der Waals surface area contributed by atoms with Gasteiger partial charge in [-0.3, -0.25) is 4.79 Å². The van der Waals surface area contributed by atoms with Gasteiger partial charge in [0.2, 0.25) is 0 Å². The van der Waals surface area contributed by atoms with Gasteiger partial charge in [-0.25, -0.2) is 0 Å². The van der Waals surface area contributed by atoms with Crippen molar-refractivity contribution in [1.82, 2.24) is 0 Å². The van der Waals surface area contributed by atoms with E-state index in [1.54, 1.807) is 0 Å². The standard InChI is InChI=1S/C17H16BrIO/c1-10-6-11(2)14(12(3)7-10)9-17(20)15-8-13(18)4-5-16(15)19/h4-8H,9H2,1-3H3. The Labute approximate surface area is 142 Å². The van der Waals surface area contributed by atoms with Crippen molar-refractivity contribution in [2.24, 2.45) is 0 Å². The van der Waals surface area contributed by atoms with E-state index in [4.69, 9.17) is 0 Å². The molecule has 0 heterocycles. The molecule has 104 valence electrons. The van der Waals surface area contributed by atoms with Crippen molar-refractivity contribution in [3.8, 4) is 0 Å². The molecule has 0 aliphatic rings. The van der Waals surface area contributed by atoms with Gasteiger partial charge in [-0.15, -0.1) is 0 Å². The van der Waals surface area contributed by atoms with Gasteiger partial charge in [-0.2, -0.15) is 0 Å². The van der Waals surface area contributed by atoms with Crippen LogP contribution in [0.4, 0.5) is 0 Å². The van der Waals surface area contributed by atoms with Crippen LogP contribution in [0, 0.1) is 24.3 Å². The molecular formula is C17H16BrIO. The van der Waals surface area contributed by atoms with E-state index in [2.05, 4.69) is 71.4 Å². The summed E-state index contributed by atoms with van der Waals surface area (Å²) in [6.07, 6.45) is 0.463. The molecule has 0 radical (unpaired) electrons. The van der Waals surface area contributed by atoms with Crippen LogP contribution in [0.2, 0.25) is 0 Å². The maximum Gasteiger partial charge on any atom is 0.168 e. The molecule has 0 aliphatic carbocycles. The van der Waals surface area contributed by atoms with Crippen LogP contribution in [-0.4, -0.2) is 5.78 Å². The van der Waals surface area contributed by atoms with Gasteiger partial charge in [0.15, 0.2) is 5.78 Å². The molecule has 2 aromatic carbocycles. The minimum Gasteiger partial charge on any atom is -0.294 e. The molecule has 0 unspecified atom stereocenters. The molecule has 20 heavy (non-hydrogen) atoms. The highest BCUT2D eigenvalue weighted by Gasteiger charge is 2.14. The number of benzene rings is 2. The van der Waals surface area contributed by atoms with Crippen molar-refractivity contribution < 1.29 is 4.79 Å². The molecule has 0 saturated carbocycles. The second kappa shape index (κ2) is 6.39. The summed E-state index contributed by atoms with van der Waals surface area (Å²) in [5.74, 6) is 0.172. The summed E-state index contributed by atoms with van der Waals surface area (Å²) in [6.45, 7) is 6.24. The minimum absolute atomic E-state index is 0.172. The van der Waals surface area contributed by atoms with Crippen LogP contribution in [0.1, 0.15) is 32.6 Å².